The van der Waals surface area contributed by atoms with E-state index < -0.39 is 28.5 Å². The van der Waals surface area contributed by atoms with Crippen LogP contribution >= 0.6 is 0 Å². The van der Waals surface area contributed by atoms with Crippen LogP contribution in [0.3, 0.4) is 0 Å². The largest absolute Gasteiger partial charge is 0.433 e. The predicted octanol–water partition coefficient (Wildman–Crippen LogP) is 3.19. The summed E-state index contributed by atoms with van der Waals surface area (Å²) in [5.74, 6) is -1.63. The molecule has 12 heteroatoms. The molecule has 0 bridgehead atoms. The molecule has 0 aliphatic heterocycles. The minimum atomic E-state index is -4.45. The third kappa shape index (κ3) is 4.11. The highest BCUT2D eigenvalue weighted by atomic mass is 19.4. The molecular weight excluding hydrogens is 373 g/mol. The lowest BCUT2D eigenvalue weighted by atomic mass is 10.1. The first kappa shape index (κ1) is 18.1. The zero-order chi connectivity index (χ0) is 19.6. The number of nitrogens with zero attached hydrogens (tertiary/aromatic N) is 3. The van der Waals surface area contributed by atoms with Crippen molar-refractivity contribution in [3.8, 4) is 11.5 Å². The summed E-state index contributed by atoms with van der Waals surface area (Å²) in [6, 6.07) is 6.29. The van der Waals surface area contributed by atoms with Gasteiger partial charge in [-0.15, -0.1) is 10.2 Å². The molecule has 9 nitrogen and oxygen atoms in total. The number of nitrogens with one attached hydrogen (secondary N) is 1. The second-order valence-electron chi connectivity index (χ2n) is 5.15. The zero-order valence-corrected chi connectivity index (χ0v) is 13.2. The summed E-state index contributed by atoms with van der Waals surface area (Å²) in [6.07, 6.45) is -4.45. The van der Waals surface area contributed by atoms with Crippen LogP contribution in [0.4, 0.5) is 19.1 Å². The fourth-order valence-electron chi connectivity index (χ4n) is 2.03. The van der Waals surface area contributed by atoms with Crippen molar-refractivity contribution in [3.05, 3.63) is 63.7 Å². The summed E-state index contributed by atoms with van der Waals surface area (Å²) in [4.78, 5) is 21.6. The van der Waals surface area contributed by atoms with Crippen molar-refractivity contribution in [2.75, 3.05) is 0 Å². The van der Waals surface area contributed by atoms with E-state index in [1.807, 2.05) is 0 Å². The Labute approximate surface area is 147 Å². The van der Waals surface area contributed by atoms with Gasteiger partial charge in [-0.2, -0.15) is 13.2 Å². The Morgan fingerprint density at radius 2 is 1.81 bits per heavy atom. The number of hydrogen-bond donors (Lipinski definition) is 1. The number of carbonyl (C=O) groups is 1. The van der Waals surface area contributed by atoms with Crippen molar-refractivity contribution in [3.63, 3.8) is 0 Å². The van der Waals surface area contributed by atoms with Gasteiger partial charge in [-0.25, -0.2) is 0 Å². The number of amides is 1. The third-order valence-electron chi connectivity index (χ3n) is 3.32. The molecular formula is C15H9F3N4O5. The summed E-state index contributed by atoms with van der Waals surface area (Å²) < 4.78 is 47.7. The standard InChI is InChI=1S/C15H9F3N4O5/c16-15(17,18)9-3-1-8(2-4-9)14-21-20-11(27-14)7-19-13(23)10-5-6-12(26-10)22(24)25/h1-6H,7H2,(H,19,23). The molecule has 0 saturated heterocycles. The van der Waals surface area contributed by atoms with Crippen LogP contribution in [0.25, 0.3) is 11.5 Å². The fourth-order valence-corrected chi connectivity index (χ4v) is 2.03. The molecule has 0 aliphatic rings. The average Bonchev–Trinajstić information content (AvgIpc) is 3.29. The van der Waals surface area contributed by atoms with Gasteiger partial charge in [-0.3, -0.25) is 14.9 Å². The normalized spacial score (nSPS) is 11.4. The van der Waals surface area contributed by atoms with Crippen molar-refractivity contribution in [1.29, 1.82) is 0 Å². The third-order valence-corrected chi connectivity index (χ3v) is 3.32. The van der Waals surface area contributed by atoms with E-state index in [2.05, 4.69) is 15.5 Å². The van der Waals surface area contributed by atoms with Crippen LogP contribution in [0, 0.1) is 10.1 Å². The molecule has 0 spiro atoms. The van der Waals surface area contributed by atoms with Crippen LogP contribution < -0.4 is 5.32 Å². The van der Waals surface area contributed by atoms with Gasteiger partial charge in [0.15, 0.2) is 5.76 Å². The summed E-state index contributed by atoms with van der Waals surface area (Å²) in [7, 11) is 0. The SMILES string of the molecule is O=C(NCc1nnc(-c2ccc(C(F)(F)F)cc2)o1)c1ccc([N+](=O)[O-])o1. The molecule has 0 aliphatic carbocycles. The van der Waals surface area contributed by atoms with E-state index in [0.717, 1.165) is 24.3 Å². The Morgan fingerprint density at radius 3 is 2.41 bits per heavy atom. The molecule has 2 aromatic heterocycles. The van der Waals surface area contributed by atoms with Crippen LogP contribution in [-0.2, 0) is 12.7 Å². The second kappa shape index (κ2) is 6.90. The Hall–Kier alpha value is -3.70. The van der Waals surface area contributed by atoms with Gasteiger partial charge in [0.2, 0.25) is 11.8 Å². The Morgan fingerprint density at radius 1 is 1.11 bits per heavy atom. The molecule has 1 N–H and O–H groups in total. The molecule has 0 unspecified atom stereocenters. The van der Waals surface area contributed by atoms with Gasteiger partial charge in [0.25, 0.3) is 5.91 Å². The minimum absolute atomic E-state index is 0.0145. The maximum absolute atomic E-state index is 12.6. The maximum atomic E-state index is 12.6. The van der Waals surface area contributed by atoms with Gasteiger partial charge < -0.3 is 14.2 Å². The van der Waals surface area contributed by atoms with E-state index in [-0.39, 0.29) is 29.6 Å². The van der Waals surface area contributed by atoms with Crippen molar-refractivity contribution < 1.29 is 31.7 Å². The molecule has 2 heterocycles. The quantitative estimate of drug-likeness (QED) is 0.531. The topological polar surface area (TPSA) is 124 Å². The van der Waals surface area contributed by atoms with Gasteiger partial charge in [0, 0.05) is 5.56 Å². The van der Waals surface area contributed by atoms with Crippen LogP contribution in [-0.4, -0.2) is 21.0 Å². The molecule has 1 aromatic carbocycles. The summed E-state index contributed by atoms with van der Waals surface area (Å²) in [6.45, 7) is -0.207. The van der Waals surface area contributed by atoms with E-state index >= 15 is 0 Å². The predicted molar refractivity (Wildman–Crippen MR) is 81.3 cm³/mol. The number of rotatable bonds is 5. The first-order valence-electron chi connectivity index (χ1n) is 7.26. The summed E-state index contributed by atoms with van der Waals surface area (Å²) in [5.41, 5.74) is -0.541. The Bertz CT molecular complexity index is 978. The maximum Gasteiger partial charge on any atom is 0.433 e. The highest BCUT2D eigenvalue weighted by Gasteiger charge is 2.30. The van der Waals surface area contributed by atoms with Gasteiger partial charge in [-0.05, 0) is 30.3 Å². The molecule has 27 heavy (non-hydrogen) atoms. The Kier molecular flexibility index (Phi) is 4.62. The van der Waals surface area contributed by atoms with E-state index in [9.17, 15) is 28.1 Å². The van der Waals surface area contributed by atoms with Crippen molar-refractivity contribution in [2.24, 2.45) is 0 Å². The average molecular weight is 382 g/mol. The monoisotopic (exact) mass is 382 g/mol. The molecule has 3 rings (SSSR count). The lowest BCUT2D eigenvalue weighted by molar-refractivity contribution is -0.402. The molecule has 0 atom stereocenters. The number of furan rings is 1. The van der Waals surface area contributed by atoms with E-state index in [4.69, 9.17) is 8.83 Å². The van der Waals surface area contributed by atoms with Crippen LogP contribution in [0.1, 0.15) is 22.0 Å². The number of hydrogen-bond acceptors (Lipinski definition) is 7. The van der Waals surface area contributed by atoms with Crippen molar-refractivity contribution in [1.82, 2.24) is 15.5 Å². The van der Waals surface area contributed by atoms with Gasteiger partial charge in [-0.1, -0.05) is 0 Å². The first-order valence-corrected chi connectivity index (χ1v) is 7.26. The molecule has 0 fully saturated rings. The first-order chi connectivity index (χ1) is 12.7. The highest BCUT2D eigenvalue weighted by molar-refractivity contribution is 5.91. The number of aromatic nitrogens is 2. The zero-order valence-electron chi connectivity index (χ0n) is 13.2. The summed E-state index contributed by atoms with van der Waals surface area (Å²) in [5, 5.41) is 20.2. The van der Waals surface area contributed by atoms with Crippen LogP contribution in [0.2, 0.25) is 0 Å². The van der Waals surface area contributed by atoms with E-state index in [0.29, 0.717) is 0 Å². The van der Waals surface area contributed by atoms with E-state index in [1.54, 1.807) is 0 Å². The molecule has 1 amide bonds. The number of halogens is 3. The molecule has 140 valence electrons. The summed E-state index contributed by atoms with van der Waals surface area (Å²) >= 11 is 0. The molecule has 0 radical (unpaired) electrons. The van der Waals surface area contributed by atoms with Crippen molar-refractivity contribution in [2.45, 2.75) is 12.7 Å². The Balaban J connectivity index is 1.64. The van der Waals surface area contributed by atoms with Crippen LogP contribution in [0.5, 0.6) is 0 Å². The molecule has 3 aromatic rings. The number of carbonyl (C=O) groups excluding carboxylic acids is 1. The lowest BCUT2D eigenvalue weighted by Gasteiger charge is -2.05. The van der Waals surface area contributed by atoms with Gasteiger partial charge in [0.05, 0.1) is 18.2 Å². The number of benzene rings is 1. The van der Waals surface area contributed by atoms with Gasteiger partial charge >= 0.3 is 12.1 Å². The second-order valence-corrected chi connectivity index (χ2v) is 5.15. The lowest BCUT2D eigenvalue weighted by Crippen LogP contribution is -2.22. The molecule has 0 saturated carbocycles. The van der Waals surface area contributed by atoms with E-state index in [1.165, 1.54) is 12.1 Å². The van der Waals surface area contributed by atoms with Gasteiger partial charge in [0.1, 0.15) is 4.92 Å². The number of alkyl halides is 3. The minimum Gasteiger partial charge on any atom is -0.419 e. The highest BCUT2D eigenvalue weighted by Crippen LogP contribution is 2.30. The number of nitro groups is 1. The van der Waals surface area contributed by atoms with Crippen LogP contribution in [0.15, 0.2) is 45.2 Å². The smallest absolute Gasteiger partial charge is 0.419 e. The fraction of sp³-hybridized carbons (Fsp3) is 0.133. The van der Waals surface area contributed by atoms with Crippen molar-refractivity contribution >= 4 is 11.8 Å².